The molecule has 4 fully saturated rings. The van der Waals surface area contributed by atoms with E-state index < -0.39 is 0 Å². The largest absolute Gasteiger partial charge is 0.469 e. The Bertz CT molecular complexity index is 669. The summed E-state index contributed by atoms with van der Waals surface area (Å²) in [5.41, 5.74) is -0.248. The standard InChI is InChI=1S/C23H34O4/c1-13(21(26)27-4)17-7-8-18-16-6-5-14-11-15(24)9-10-22(14,2)19(16)12-20(25)23(17,18)3/h13-14,16-19H,5-12H2,1-4H3/t13-,14-,16+,17+,18+,19+,22-,23-/m0/s1. The van der Waals surface area contributed by atoms with E-state index in [0.29, 0.717) is 48.1 Å². The van der Waals surface area contributed by atoms with E-state index in [1.54, 1.807) is 0 Å². The first-order chi connectivity index (χ1) is 12.7. The summed E-state index contributed by atoms with van der Waals surface area (Å²) in [6.07, 6.45) is 7.28. The molecule has 8 atom stereocenters. The Morgan fingerprint density at radius 1 is 1.07 bits per heavy atom. The van der Waals surface area contributed by atoms with Gasteiger partial charge < -0.3 is 4.74 Å². The van der Waals surface area contributed by atoms with E-state index in [4.69, 9.17) is 4.74 Å². The zero-order valence-electron chi connectivity index (χ0n) is 17.3. The van der Waals surface area contributed by atoms with Crippen molar-refractivity contribution in [2.24, 2.45) is 46.3 Å². The highest BCUT2D eigenvalue weighted by Gasteiger charge is 2.64. The summed E-state index contributed by atoms with van der Waals surface area (Å²) in [7, 11) is 1.44. The third-order valence-electron chi connectivity index (χ3n) is 9.59. The molecule has 4 nitrogen and oxygen atoms in total. The zero-order chi connectivity index (χ0) is 19.6. The molecule has 4 saturated carbocycles. The van der Waals surface area contributed by atoms with Crippen LogP contribution in [0.15, 0.2) is 0 Å². The number of esters is 1. The quantitative estimate of drug-likeness (QED) is 0.680. The maximum absolute atomic E-state index is 13.5. The molecule has 4 rings (SSSR count). The number of hydrogen-bond acceptors (Lipinski definition) is 4. The number of hydrogen-bond donors (Lipinski definition) is 0. The monoisotopic (exact) mass is 374 g/mol. The SMILES string of the molecule is COC(=O)[C@@H](C)[C@H]1CC[C@@H]2[C@H]3CC[C@H]4CC(=O)CC[C@]4(C)[C@@H]3CC(=O)[C@]21C. The Balaban J connectivity index is 1.64. The normalized spacial score (nSPS) is 47.6. The number of ether oxygens (including phenoxy) is 1. The predicted molar refractivity (Wildman–Crippen MR) is 102 cm³/mol. The van der Waals surface area contributed by atoms with Crippen molar-refractivity contribution in [3.63, 3.8) is 0 Å². The molecule has 0 bridgehead atoms. The second-order valence-electron chi connectivity index (χ2n) is 10.3. The number of Topliss-reactive ketones (excluding diaryl/α,β-unsaturated/α-hetero) is 2. The summed E-state index contributed by atoms with van der Waals surface area (Å²) in [5, 5.41) is 0. The van der Waals surface area contributed by atoms with Crippen molar-refractivity contribution in [3.8, 4) is 0 Å². The summed E-state index contributed by atoms with van der Waals surface area (Å²) in [6.45, 7) is 6.45. The fourth-order valence-electron chi connectivity index (χ4n) is 7.94. The Hall–Kier alpha value is -1.19. The van der Waals surface area contributed by atoms with Gasteiger partial charge in [-0.3, -0.25) is 14.4 Å². The molecule has 0 radical (unpaired) electrons. The second-order valence-corrected chi connectivity index (χ2v) is 10.3. The van der Waals surface area contributed by atoms with Crippen molar-refractivity contribution in [2.75, 3.05) is 7.11 Å². The number of carbonyl (C=O) groups excluding carboxylic acids is 3. The molecule has 0 aromatic carbocycles. The molecule has 0 saturated heterocycles. The van der Waals surface area contributed by atoms with E-state index in [9.17, 15) is 14.4 Å². The molecule has 0 unspecified atom stereocenters. The van der Waals surface area contributed by atoms with Gasteiger partial charge in [0.05, 0.1) is 13.0 Å². The first kappa shape index (κ1) is 19.1. The van der Waals surface area contributed by atoms with E-state index in [-0.39, 0.29) is 28.6 Å². The van der Waals surface area contributed by atoms with Gasteiger partial charge >= 0.3 is 5.97 Å². The molecule has 4 aliphatic carbocycles. The molecular weight excluding hydrogens is 340 g/mol. The number of fused-ring (bicyclic) bond motifs is 5. The number of methoxy groups -OCH3 is 1. The van der Waals surface area contributed by atoms with Gasteiger partial charge in [-0.25, -0.2) is 0 Å². The Morgan fingerprint density at radius 3 is 2.52 bits per heavy atom. The Labute approximate surface area is 162 Å². The van der Waals surface area contributed by atoms with Crippen LogP contribution in [0.4, 0.5) is 0 Å². The van der Waals surface area contributed by atoms with Crippen LogP contribution in [0.2, 0.25) is 0 Å². The maximum atomic E-state index is 13.5. The topological polar surface area (TPSA) is 60.4 Å². The van der Waals surface area contributed by atoms with E-state index in [2.05, 4.69) is 13.8 Å². The molecule has 0 heterocycles. The Kier molecular flexibility index (Phi) is 4.55. The van der Waals surface area contributed by atoms with Gasteiger partial charge in [0, 0.05) is 24.7 Å². The summed E-state index contributed by atoms with van der Waals surface area (Å²) < 4.78 is 5.01. The van der Waals surface area contributed by atoms with Crippen molar-refractivity contribution in [1.82, 2.24) is 0 Å². The molecule has 0 aliphatic heterocycles. The average molecular weight is 375 g/mol. The molecule has 0 aromatic rings. The lowest BCUT2D eigenvalue weighted by atomic mass is 9.44. The predicted octanol–water partition coefficient (Wildman–Crippen LogP) is 4.20. The molecule has 0 aromatic heterocycles. The van der Waals surface area contributed by atoms with Gasteiger partial charge in [-0.15, -0.1) is 0 Å². The molecule has 27 heavy (non-hydrogen) atoms. The molecule has 0 N–H and O–H groups in total. The molecule has 0 spiro atoms. The molecular formula is C23H34O4. The van der Waals surface area contributed by atoms with Gasteiger partial charge in [0.1, 0.15) is 11.6 Å². The van der Waals surface area contributed by atoms with Crippen molar-refractivity contribution >= 4 is 17.5 Å². The summed E-state index contributed by atoms with van der Waals surface area (Å²) in [6, 6.07) is 0. The minimum Gasteiger partial charge on any atom is -0.469 e. The van der Waals surface area contributed by atoms with Crippen LogP contribution in [0.25, 0.3) is 0 Å². The van der Waals surface area contributed by atoms with Gasteiger partial charge in [-0.1, -0.05) is 20.8 Å². The van der Waals surface area contributed by atoms with Crippen molar-refractivity contribution in [2.45, 2.75) is 72.1 Å². The number of carbonyl (C=O) groups is 3. The first-order valence-corrected chi connectivity index (χ1v) is 10.9. The second kappa shape index (κ2) is 6.42. The Morgan fingerprint density at radius 2 is 1.81 bits per heavy atom. The van der Waals surface area contributed by atoms with E-state index in [1.165, 1.54) is 7.11 Å². The maximum Gasteiger partial charge on any atom is 0.308 e. The number of ketones is 2. The van der Waals surface area contributed by atoms with Crippen molar-refractivity contribution < 1.29 is 19.1 Å². The van der Waals surface area contributed by atoms with E-state index >= 15 is 0 Å². The average Bonchev–Trinajstić information content (AvgIpc) is 3.01. The molecule has 150 valence electrons. The zero-order valence-corrected chi connectivity index (χ0v) is 17.3. The highest BCUT2D eigenvalue weighted by atomic mass is 16.5. The highest BCUT2D eigenvalue weighted by Crippen LogP contribution is 2.66. The van der Waals surface area contributed by atoms with Crippen LogP contribution in [-0.4, -0.2) is 24.6 Å². The number of rotatable bonds is 2. The fraction of sp³-hybridized carbons (Fsp3) is 0.870. The minimum atomic E-state index is -0.386. The van der Waals surface area contributed by atoms with Crippen LogP contribution in [0.5, 0.6) is 0 Å². The summed E-state index contributed by atoms with van der Waals surface area (Å²) >= 11 is 0. The molecule has 4 heteroatoms. The third-order valence-corrected chi connectivity index (χ3v) is 9.59. The lowest BCUT2D eigenvalue weighted by Gasteiger charge is -2.59. The minimum absolute atomic E-state index is 0.0989. The lowest BCUT2D eigenvalue weighted by molar-refractivity contribution is -0.162. The van der Waals surface area contributed by atoms with Crippen molar-refractivity contribution in [1.29, 1.82) is 0 Å². The van der Waals surface area contributed by atoms with Crippen LogP contribution < -0.4 is 0 Å². The summed E-state index contributed by atoms with van der Waals surface area (Å²) in [5.74, 6) is 2.31. The van der Waals surface area contributed by atoms with Gasteiger partial charge in [0.2, 0.25) is 0 Å². The van der Waals surface area contributed by atoms with Gasteiger partial charge in [-0.05, 0) is 67.1 Å². The van der Waals surface area contributed by atoms with Gasteiger partial charge in [0.15, 0.2) is 0 Å². The van der Waals surface area contributed by atoms with Crippen LogP contribution in [-0.2, 0) is 19.1 Å². The lowest BCUT2D eigenvalue weighted by Crippen LogP contribution is -2.57. The van der Waals surface area contributed by atoms with Crippen LogP contribution in [0.3, 0.4) is 0 Å². The molecule has 0 amide bonds. The van der Waals surface area contributed by atoms with Crippen LogP contribution >= 0.6 is 0 Å². The third kappa shape index (κ3) is 2.57. The van der Waals surface area contributed by atoms with Crippen LogP contribution in [0.1, 0.15) is 72.1 Å². The highest BCUT2D eigenvalue weighted by molar-refractivity contribution is 5.88. The molecule has 4 aliphatic rings. The van der Waals surface area contributed by atoms with E-state index in [0.717, 1.165) is 38.5 Å². The smallest absolute Gasteiger partial charge is 0.308 e. The van der Waals surface area contributed by atoms with Gasteiger partial charge in [0.25, 0.3) is 0 Å². The first-order valence-electron chi connectivity index (χ1n) is 10.9. The summed E-state index contributed by atoms with van der Waals surface area (Å²) in [4.78, 5) is 37.8. The van der Waals surface area contributed by atoms with Gasteiger partial charge in [-0.2, -0.15) is 0 Å². The van der Waals surface area contributed by atoms with Crippen LogP contribution in [0, 0.1) is 46.3 Å². The van der Waals surface area contributed by atoms with E-state index in [1.807, 2.05) is 6.92 Å². The van der Waals surface area contributed by atoms with Crippen molar-refractivity contribution in [3.05, 3.63) is 0 Å². The fourth-order valence-corrected chi connectivity index (χ4v) is 7.94.